The third kappa shape index (κ3) is 2.17. The van der Waals surface area contributed by atoms with E-state index in [4.69, 9.17) is 5.73 Å². The van der Waals surface area contributed by atoms with E-state index in [1.54, 1.807) is 0 Å². The monoisotopic (exact) mass is 159 g/mol. The fourth-order valence-electron chi connectivity index (χ4n) is 1.50. The van der Waals surface area contributed by atoms with Gasteiger partial charge < -0.3 is 5.73 Å². The molecular weight excluding hydrogens is 142 g/mol. The van der Waals surface area contributed by atoms with Crippen molar-refractivity contribution in [1.29, 1.82) is 0 Å². The highest BCUT2D eigenvalue weighted by molar-refractivity contribution is 7.99. The molecule has 1 aliphatic heterocycles. The highest BCUT2D eigenvalue weighted by Gasteiger charge is 2.20. The molecule has 0 radical (unpaired) electrons. The highest BCUT2D eigenvalue weighted by Crippen LogP contribution is 2.30. The Morgan fingerprint density at radius 3 is 3.00 bits per heavy atom. The molecule has 2 N–H and O–H groups in total. The van der Waals surface area contributed by atoms with Gasteiger partial charge in [0.15, 0.2) is 0 Å². The number of nitrogens with two attached hydrogens (primary N) is 1. The van der Waals surface area contributed by atoms with Crippen LogP contribution in [0.1, 0.15) is 19.8 Å². The van der Waals surface area contributed by atoms with Gasteiger partial charge in [-0.3, -0.25) is 0 Å². The zero-order valence-electron chi connectivity index (χ0n) is 6.68. The highest BCUT2D eigenvalue weighted by atomic mass is 32.2. The molecular formula is C8H17NS. The van der Waals surface area contributed by atoms with Crippen molar-refractivity contribution in [2.75, 3.05) is 18.1 Å². The van der Waals surface area contributed by atoms with E-state index in [-0.39, 0.29) is 0 Å². The Bertz CT molecular complexity index is 89.3. The number of hydrogen-bond acceptors (Lipinski definition) is 2. The lowest BCUT2D eigenvalue weighted by Crippen LogP contribution is -2.14. The summed E-state index contributed by atoms with van der Waals surface area (Å²) in [4.78, 5) is 0. The van der Waals surface area contributed by atoms with Crippen molar-refractivity contribution in [3.8, 4) is 0 Å². The quantitative estimate of drug-likeness (QED) is 0.678. The molecule has 1 heterocycles. The molecule has 1 aliphatic rings. The van der Waals surface area contributed by atoms with E-state index in [1.165, 1.54) is 24.3 Å². The second-order valence-electron chi connectivity index (χ2n) is 3.18. The summed E-state index contributed by atoms with van der Waals surface area (Å²) in [5, 5.41) is 0. The van der Waals surface area contributed by atoms with Crippen molar-refractivity contribution >= 4 is 11.8 Å². The lowest BCUT2D eigenvalue weighted by Gasteiger charge is -2.16. The maximum atomic E-state index is 5.49. The molecule has 0 saturated carbocycles. The summed E-state index contributed by atoms with van der Waals surface area (Å²) < 4.78 is 0. The van der Waals surface area contributed by atoms with E-state index in [9.17, 15) is 0 Å². The molecule has 2 unspecified atom stereocenters. The lowest BCUT2D eigenvalue weighted by molar-refractivity contribution is 0.377. The van der Waals surface area contributed by atoms with E-state index in [0.717, 1.165) is 18.4 Å². The van der Waals surface area contributed by atoms with Crippen LogP contribution in [0.2, 0.25) is 0 Å². The first-order valence-electron chi connectivity index (χ1n) is 4.12. The fourth-order valence-corrected chi connectivity index (χ4v) is 2.93. The average Bonchev–Trinajstić information content (AvgIpc) is 2.38. The van der Waals surface area contributed by atoms with Gasteiger partial charge in [-0.2, -0.15) is 11.8 Å². The minimum absolute atomic E-state index is 0.861. The summed E-state index contributed by atoms with van der Waals surface area (Å²) in [6.45, 7) is 3.20. The molecule has 1 nitrogen and oxygen atoms in total. The number of hydrogen-bond donors (Lipinski definition) is 1. The summed E-state index contributed by atoms with van der Waals surface area (Å²) in [6.07, 6.45) is 2.64. The number of thioether (sulfide) groups is 1. The topological polar surface area (TPSA) is 26.0 Å². The van der Waals surface area contributed by atoms with Crippen LogP contribution in [-0.4, -0.2) is 18.1 Å². The third-order valence-electron chi connectivity index (χ3n) is 2.39. The smallest absolute Gasteiger partial charge is 0.00363 e. The van der Waals surface area contributed by atoms with E-state index < -0.39 is 0 Å². The SMILES string of the molecule is CC(CCN)C1CCSC1. The van der Waals surface area contributed by atoms with Gasteiger partial charge in [0.05, 0.1) is 0 Å². The van der Waals surface area contributed by atoms with Crippen LogP contribution in [0.3, 0.4) is 0 Å². The van der Waals surface area contributed by atoms with Crippen molar-refractivity contribution < 1.29 is 0 Å². The van der Waals surface area contributed by atoms with E-state index >= 15 is 0 Å². The Labute approximate surface area is 67.8 Å². The summed E-state index contributed by atoms with van der Waals surface area (Å²) >= 11 is 2.10. The largest absolute Gasteiger partial charge is 0.330 e. The molecule has 1 fully saturated rings. The van der Waals surface area contributed by atoms with Gasteiger partial charge >= 0.3 is 0 Å². The van der Waals surface area contributed by atoms with E-state index in [0.29, 0.717) is 0 Å². The molecule has 0 aromatic heterocycles. The molecule has 2 atom stereocenters. The molecule has 0 aliphatic carbocycles. The lowest BCUT2D eigenvalue weighted by atomic mass is 9.91. The summed E-state index contributed by atoms with van der Waals surface area (Å²) in [5.74, 6) is 4.58. The Kier molecular flexibility index (Phi) is 3.57. The average molecular weight is 159 g/mol. The third-order valence-corrected chi connectivity index (χ3v) is 3.58. The van der Waals surface area contributed by atoms with Crippen LogP contribution in [0.25, 0.3) is 0 Å². The van der Waals surface area contributed by atoms with Gasteiger partial charge in [-0.25, -0.2) is 0 Å². The van der Waals surface area contributed by atoms with E-state index in [1.807, 2.05) is 0 Å². The van der Waals surface area contributed by atoms with Crippen LogP contribution < -0.4 is 5.73 Å². The van der Waals surface area contributed by atoms with Crippen molar-refractivity contribution in [3.63, 3.8) is 0 Å². The van der Waals surface area contributed by atoms with Crippen LogP contribution >= 0.6 is 11.8 Å². The van der Waals surface area contributed by atoms with Crippen LogP contribution in [-0.2, 0) is 0 Å². The van der Waals surface area contributed by atoms with Gasteiger partial charge in [0, 0.05) is 0 Å². The van der Waals surface area contributed by atoms with Gasteiger partial charge in [-0.1, -0.05) is 6.92 Å². The molecule has 1 rings (SSSR count). The van der Waals surface area contributed by atoms with Gasteiger partial charge in [0.25, 0.3) is 0 Å². The van der Waals surface area contributed by atoms with Gasteiger partial charge in [-0.15, -0.1) is 0 Å². The predicted octanol–water partition coefficient (Wildman–Crippen LogP) is 1.72. The first kappa shape index (κ1) is 8.41. The van der Waals surface area contributed by atoms with E-state index in [2.05, 4.69) is 18.7 Å². The molecule has 0 bridgehead atoms. The molecule has 0 aromatic rings. The second-order valence-corrected chi connectivity index (χ2v) is 4.33. The zero-order chi connectivity index (χ0) is 7.40. The standard InChI is InChI=1S/C8H17NS/c1-7(2-4-9)8-3-5-10-6-8/h7-8H,2-6,9H2,1H3. The molecule has 2 heteroatoms. The van der Waals surface area contributed by atoms with Gasteiger partial charge in [-0.05, 0) is 42.7 Å². The van der Waals surface area contributed by atoms with Gasteiger partial charge in [0.2, 0.25) is 0 Å². The predicted molar refractivity (Wildman–Crippen MR) is 48.3 cm³/mol. The summed E-state index contributed by atoms with van der Waals surface area (Å²) in [7, 11) is 0. The Balaban J connectivity index is 2.18. The first-order chi connectivity index (χ1) is 4.84. The van der Waals surface area contributed by atoms with Crippen LogP contribution in [0.5, 0.6) is 0 Å². The van der Waals surface area contributed by atoms with Crippen molar-refractivity contribution in [2.45, 2.75) is 19.8 Å². The molecule has 0 amide bonds. The molecule has 10 heavy (non-hydrogen) atoms. The van der Waals surface area contributed by atoms with Crippen LogP contribution in [0.15, 0.2) is 0 Å². The Morgan fingerprint density at radius 2 is 2.50 bits per heavy atom. The summed E-state index contributed by atoms with van der Waals surface area (Å²) in [5.41, 5.74) is 5.49. The van der Waals surface area contributed by atoms with Crippen molar-refractivity contribution in [1.82, 2.24) is 0 Å². The minimum Gasteiger partial charge on any atom is -0.330 e. The second kappa shape index (κ2) is 4.24. The molecule has 60 valence electrons. The Morgan fingerprint density at radius 1 is 1.70 bits per heavy atom. The maximum Gasteiger partial charge on any atom is -0.00363 e. The first-order valence-corrected chi connectivity index (χ1v) is 5.28. The normalized spacial score (nSPS) is 28.8. The zero-order valence-corrected chi connectivity index (χ0v) is 7.49. The molecule has 0 aromatic carbocycles. The fraction of sp³-hybridized carbons (Fsp3) is 1.00. The number of rotatable bonds is 3. The molecule has 0 spiro atoms. The van der Waals surface area contributed by atoms with Crippen molar-refractivity contribution in [2.24, 2.45) is 17.6 Å². The van der Waals surface area contributed by atoms with Gasteiger partial charge in [0.1, 0.15) is 0 Å². The van der Waals surface area contributed by atoms with Crippen LogP contribution in [0.4, 0.5) is 0 Å². The van der Waals surface area contributed by atoms with Crippen molar-refractivity contribution in [3.05, 3.63) is 0 Å². The Hall–Kier alpha value is 0.310. The molecule has 1 saturated heterocycles. The van der Waals surface area contributed by atoms with Crippen LogP contribution in [0, 0.1) is 11.8 Å². The minimum atomic E-state index is 0.861. The maximum absolute atomic E-state index is 5.49. The summed E-state index contributed by atoms with van der Waals surface area (Å²) in [6, 6.07) is 0.